The van der Waals surface area contributed by atoms with E-state index in [1.165, 1.54) is 25.4 Å². The van der Waals surface area contributed by atoms with Crippen molar-refractivity contribution in [3.8, 4) is 5.75 Å². The predicted octanol–water partition coefficient (Wildman–Crippen LogP) is 4.78. The van der Waals surface area contributed by atoms with E-state index in [1.54, 1.807) is 24.4 Å². The Balaban J connectivity index is 1.66. The van der Waals surface area contributed by atoms with Gasteiger partial charge in [0.2, 0.25) is 5.91 Å². The van der Waals surface area contributed by atoms with Gasteiger partial charge in [-0.25, -0.2) is 4.98 Å². The van der Waals surface area contributed by atoms with E-state index in [0.717, 1.165) is 10.4 Å². The lowest BCUT2D eigenvalue weighted by molar-refractivity contribution is -0.115. The fraction of sp³-hybridized carbons (Fsp3) is 0.190. The van der Waals surface area contributed by atoms with E-state index in [4.69, 9.17) is 16.3 Å². The minimum Gasteiger partial charge on any atom is -0.496 e. The zero-order chi connectivity index (χ0) is 20.1. The third-order valence-electron chi connectivity index (χ3n) is 4.11. The van der Waals surface area contributed by atoms with Crippen molar-refractivity contribution < 1.29 is 14.3 Å². The summed E-state index contributed by atoms with van der Waals surface area (Å²) in [5, 5.41) is 4.03. The highest BCUT2D eigenvalue weighted by Gasteiger charge is 2.13. The molecule has 0 spiro atoms. The molecule has 5 nitrogen and oxygen atoms in total. The lowest BCUT2D eigenvalue weighted by atomic mass is 10.0. The maximum absolute atomic E-state index is 12.4. The molecule has 1 aromatic heterocycles. The Hall–Kier alpha value is -2.70. The number of anilines is 1. The van der Waals surface area contributed by atoms with Crippen molar-refractivity contribution in [1.29, 1.82) is 0 Å². The number of benzene rings is 2. The van der Waals surface area contributed by atoms with Crippen molar-refractivity contribution in [2.24, 2.45) is 0 Å². The minimum absolute atomic E-state index is 0.0603. The summed E-state index contributed by atoms with van der Waals surface area (Å²) in [5.74, 6) is 0.290. The number of ketones is 1. The number of hydrogen-bond acceptors (Lipinski definition) is 5. The van der Waals surface area contributed by atoms with Crippen LogP contribution in [0.25, 0.3) is 0 Å². The molecule has 0 fully saturated rings. The van der Waals surface area contributed by atoms with Gasteiger partial charge in [0.15, 0.2) is 10.9 Å². The highest BCUT2D eigenvalue weighted by atomic mass is 35.5. The van der Waals surface area contributed by atoms with Crippen LogP contribution in [0.2, 0.25) is 5.02 Å². The van der Waals surface area contributed by atoms with Crippen molar-refractivity contribution in [1.82, 2.24) is 4.98 Å². The lowest BCUT2D eigenvalue weighted by Crippen LogP contribution is -2.15. The molecule has 0 bridgehead atoms. The number of carbonyl (C=O) groups excluding carboxylic acids is 2. The number of ether oxygens (including phenoxy) is 1. The van der Waals surface area contributed by atoms with Crippen LogP contribution in [0.5, 0.6) is 5.75 Å². The number of methoxy groups -OCH3 is 1. The second kappa shape index (κ2) is 8.99. The summed E-state index contributed by atoms with van der Waals surface area (Å²) < 4.78 is 5.30. The molecule has 7 heteroatoms. The van der Waals surface area contributed by atoms with Crippen LogP contribution in [0, 0.1) is 0 Å². The van der Waals surface area contributed by atoms with Gasteiger partial charge in [-0.15, -0.1) is 11.3 Å². The number of nitrogens with one attached hydrogen (secondary N) is 1. The topological polar surface area (TPSA) is 68.3 Å². The van der Waals surface area contributed by atoms with Crippen LogP contribution < -0.4 is 10.1 Å². The summed E-state index contributed by atoms with van der Waals surface area (Å²) in [5.41, 5.74) is 2.28. The van der Waals surface area contributed by atoms with Gasteiger partial charge in [0.05, 0.1) is 13.5 Å². The van der Waals surface area contributed by atoms with Crippen molar-refractivity contribution >= 4 is 39.8 Å². The van der Waals surface area contributed by atoms with Crippen LogP contribution in [0.1, 0.15) is 33.3 Å². The summed E-state index contributed by atoms with van der Waals surface area (Å²) in [4.78, 5) is 29.3. The molecule has 0 aliphatic carbocycles. The van der Waals surface area contributed by atoms with Gasteiger partial charge >= 0.3 is 0 Å². The van der Waals surface area contributed by atoms with Crippen LogP contribution in [-0.2, 0) is 17.6 Å². The van der Waals surface area contributed by atoms with E-state index in [-0.39, 0.29) is 18.1 Å². The Morgan fingerprint density at radius 2 is 2.04 bits per heavy atom. The lowest BCUT2D eigenvalue weighted by Gasteiger charge is -2.09. The number of Topliss-reactive ketones (excluding diaryl/α,β-unsaturated/α-hetero) is 1. The van der Waals surface area contributed by atoms with Gasteiger partial charge in [-0.05, 0) is 42.8 Å². The molecule has 0 unspecified atom stereocenters. The summed E-state index contributed by atoms with van der Waals surface area (Å²) >= 11 is 7.44. The number of aromatic nitrogens is 1. The quantitative estimate of drug-likeness (QED) is 0.565. The Labute approximate surface area is 172 Å². The first kappa shape index (κ1) is 20.0. The minimum atomic E-state index is -0.220. The molecule has 0 aliphatic heterocycles. The van der Waals surface area contributed by atoms with Crippen LogP contribution >= 0.6 is 22.9 Å². The smallest absolute Gasteiger partial charge is 0.230 e. The standard InChI is InChI=1S/C21H19ClN2O3S/c1-13(25)15-6-7-19(27-2)16(10-15)11-20(26)24-21-23-12-18(28-21)9-14-4-3-5-17(22)8-14/h3-8,10,12H,9,11H2,1-2H3,(H,23,24,26). The van der Waals surface area contributed by atoms with Gasteiger partial charge in [-0.2, -0.15) is 0 Å². The molecule has 1 heterocycles. The third kappa shape index (κ3) is 5.18. The molecule has 1 N–H and O–H groups in total. The summed E-state index contributed by atoms with van der Waals surface area (Å²) in [7, 11) is 1.53. The van der Waals surface area contributed by atoms with Crippen LogP contribution in [0.15, 0.2) is 48.7 Å². The summed E-state index contributed by atoms with van der Waals surface area (Å²) in [6.45, 7) is 1.49. The summed E-state index contributed by atoms with van der Waals surface area (Å²) in [6.07, 6.45) is 2.54. The number of halogens is 1. The van der Waals surface area contributed by atoms with Gasteiger partial charge in [0.25, 0.3) is 0 Å². The molecule has 0 saturated carbocycles. The number of thiazole rings is 1. The van der Waals surface area contributed by atoms with Crippen molar-refractivity contribution in [2.45, 2.75) is 19.8 Å². The van der Waals surface area contributed by atoms with Gasteiger partial charge in [-0.1, -0.05) is 23.7 Å². The van der Waals surface area contributed by atoms with E-state index in [2.05, 4.69) is 10.3 Å². The third-order valence-corrected chi connectivity index (χ3v) is 5.25. The molecule has 3 aromatic rings. The monoisotopic (exact) mass is 414 g/mol. The van der Waals surface area contributed by atoms with E-state index in [9.17, 15) is 9.59 Å². The summed E-state index contributed by atoms with van der Waals surface area (Å²) in [6, 6.07) is 12.7. The first-order valence-corrected chi connectivity index (χ1v) is 9.81. The Kier molecular flexibility index (Phi) is 6.44. The number of carbonyl (C=O) groups is 2. The second-order valence-corrected chi connectivity index (χ2v) is 7.80. The fourth-order valence-electron chi connectivity index (χ4n) is 2.77. The van der Waals surface area contributed by atoms with Crippen LogP contribution in [0.4, 0.5) is 5.13 Å². The average Bonchev–Trinajstić information content (AvgIpc) is 3.08. The van der Waals surface area contributed by atoms with Gasteiger partial charge in [0, 0.05) is 33.6 Å². The van der Waals surface area contributed by atoms with E-state index in [0.29, 0.717) is 33.5 Å². The maximum atomic E-state index is 12.4. The first-order chi connectivity index (χ1) is 13.4. The normalized spacial score (nSPS) is 10.5. The van der Waals surface area contributed by atoms with Crippen molar-refractivity contribution in [3.63, 3.8) is 0 Å². The predicted molar refractivity (Wildman–Crippen MR) is 112 cm³/mol. The molecule has 0 saturated heterocycles. The Bertz CT molecular complexity index is 1020. The van der Waals surface area contributed by atoms with Gasteiger partial charge in [0.1, 0.15) is 5.75 Å². The SMILES string of the molecule is COc1ccc(C(C)=O)cc1CC(=O)Nc1ncc(Cc2cccc(Cl)c2)s1. The fourth-order valence-corrected chi connectivity index (χ4v) is 3.84. The number of rotatable bonds is 7. The highest BCUT2D eigenvalue weighted by molar-refractivity contribution is 7.15. The van der Waals surface area contributed by atoms with E-state index in [1.807, 2.05) is 24.3 Å². The molecule has 0 radical (unpaired) electrons. The Morgan fingerprint density at radius 3 is 2.75 bits per heavy atom. The molecular formula is C21H19ClN2O3S. The van der Waals surface area contributed by atoms with Crippen molar-refractivity contribution in [2.75, 3.05) is 12.4 Å². The highest BCUT2D eigenvalue weighted by Crippen LogP contribution is 2.24. The largest absolute Gasteiger partial charge is 0.496 e. The van der Waals surface area contributed by atoms with Crippen LogP contribution in [0.3, 0.4) is 0 Å². The average molecular weight is 415 g/mol. The molecule has 144 valence electrons. The van der Waals surface area contributed by atoms with Gasteiger partial charge < -0.3 is 10.1 Å². The Morgan fingerprint density at radius 1 is 1.21 bits per heavy atom. The van der Waals surface area contributed by atoms with Gasteiger partial charge in [-0.3, -0.25) is 9.59 Å². The zero-order valence-corrected chi connectivity index (χ0v) is 17.1. The molecular weight excluding hydrogens is 396 g/mol. The zero-order valence-electron chi connectivity index (χ0n) is 15.5. The molecule has 3 rings (SSSR count). The van der Waals surface area contributed by atoms with E-state index >= 15 is 0 Å². The molecule has 28 heavy (non-hydrogen) atoms. The van der Waals surface area contributed by atoms with E-state index < -0.39 is 0 Å². The second-order valence-electron chi connectivity index (χ2n) is 6.25. The number of hydrogen-bond donors (Lipinski definition) is 1. The first-order valence-electron chi connectivity index (χ1n) is 8.61. The van der Waals surface area contributed by atoms with Crippen molar-refractivity contribution in [3.05, 3.63) is 75.3 Å². The molecule has 0 aliphatic rings. The molecule has 2 aromatic carbocycles. The molecule has 0 atom stereocenters. The maximum Gasteiger partial charge on any atom is 0.230 e. The molecule has 1 amide bonds. The number of nitrogens with zero attached hydrogens (tertiary/aromatic N) is 1. The number of amides is 1. The van der Waals surface area contributed by atoms with Crippen LogP contribution in [-0.4, -0.2) is 23.8 Å².